The van der Waals surface area contributed by atoms with Gasteiger partial charge in [0.05, 0.1) is 5.39 Å². The van der Waals surface area contributed by atoms with Crippen LogP contribution in [0.3, 0.4) is 0 Å². The van der Waals surface area contributed by atoms with Crippen molar-refractivity contribution >= 4 is 28.5 Å². The Labute approximate surface area is 161 Å². The molecule has 140 valence electrons. The van der Waals surface area contributed by atoms with Gasteiger partial charge in [-0.15, -0.1) is 0 Å². The molecule has 0 saturated carbocycles. The highest BCUT2D eigenvalue weighted by molar-refractivity contribution is 6.31. The normalized spacial score (nSPS) is 12.1. The van der Waals surface area contributed by atoms with Crippen molar-refractivity contribution in [3.8, 4) is 0 Å². The van der Waals surface area contributed by atoms with Gasteiger partial charge in [-0.3, -0.25) is 9.59 Å². The predicted molar refractivity (Wildman–Crippen MR) is 104 cm³/mol. The molecule has 0 saturated heterocycles. The van der Waals surface area contributed by atoms with Gasteiger partial charge < -0.3 is 9.73 Å². The Balaban J connectivity index is 1.77. The highest BCUT2D eigenvalue weighted by Crippen LogP contribution is 2.21. The van der Waals surface area contributed by atoms with E-state index in [4.69, 9.17) is 16.0 Å². The van der Waals surface area contributed by atoms with Gasteiger partial charge >= 0.3 is 0 Å². The van der Waals surface area contributed by atoms with Crippen LogP contribution in [0.25, 0.3) is 11.0 Å². The molecule has 3 aromatic rings. The van der Waals surface area contributed by atoms with Crippen molar-refractivity contribution < 1.29 is 13.6 Å². The highest BCUT2D eigenvalue weighted by atomic mass is 35.5. The Morgan fingerprint density at radius 2 is 1.93 bits per heavy atom. The first-order valence-electron chi connectivity index (χ1n) is 8.75. The van der Waals surface area contributed by atoms with Gasteiger partial charge in [0.15, 0.2) is 11.2 Å². The second-order valence-corrected chi connectivity index (χ2v) is 6.80. The predicted octanol–water partition coefficient (Wildman–Crippen LogP) is 4.90. The fourth-order valence-electron chi connectivity index (χ4n) is 3.01. The maximum absolute atomic E-state index is 13.1. The average molecular weight is 388 g/mol. The van der Waals surface area contributed by atoms with Gasteiger partial charge in [-0.05, 0) is 42.3 Å². The fraction of sp³-hybridized carbons (Fsp3) is 0.238. The minimum atomic E-state index is -0.466. The van der Waals surface area contributed by atoms with Gasteiger partial charge in [-0.25, -0.2) is 4.39 Å². The highest BCUT2D eigenvalue weighted by Gasteiger charge is 2.16. The summed E-state index contributed by atoms with van der Waals surface area (Å²) in [4.78, 5) is 24.7. The van der Waals surface area contributed by atoms with Crippen LogP contribution in [0.1, 0.15) is 41.8 Å². The molecule has 0 aliphatic heterocycles. The zero-order chi connectivity index (χ0) is 19.4. The van der Waals surface area contributed by atoms with Crippen LogP contribution in [0.15, 0.2) is 57.7 Å². The maximum atomic E-state index is 13.1. The molecule has 0 bridgehead atoms. The zero-order valence-corrected chi connectivity index (χ0v) is 15.6. The first-order chi connectivity index (χ1) is 13.0. The summed E-state index contributed by atoms with van der Waals surface area (Å²) in [5.74, 6) is -0.766. The van der Waals surface area contributed by atoms with Gasteiger partial charge in [-0.2, -0.15) is 0 Å². The third-order valence-electron chi connectivity index (χ3n) is 4.40. The van der Waals surface area contributed by atoms with E-state index in [0.717, 1.165) is 18.4 Å². The monoisotopic (exact) mass is 387 g/mol. The van der Waals surface area contributed by atoms with Crippen molar-refractivity contribution in [1.29, 1.82) is 0 Å². The topological polar surface area (TPSA) is 59.3 Å². The van der Waals surface area contributed by atoms with Crippen molar-refractivity contribution in [2.24, 2.45) is 0 Å². The van der Waals surface area contributed by atoms with E-state index in [0.29, 0.717) is 22.5 Å². The van der Waals surface area contributed by atoms with Crippen LogP contribution in [-0.4, -0.2) is 12.5 Å². The van der Waals surface area contributed by atoms with Gasteiger partial charge in [0.25, 0.3) is 5.91 Å². The molecule has 1 N–H and O–H groups in total. The van der Waals surface area contributed by atoms with Gasteiger partial charge in [0.2, 0.25) is 0 Å². The lowest BCUT2D eigenvalue weighted by molar-refractivity contribution is 0.0923. The molecule has 27 heavy (non-hydrogen) atoms. The van der Waals surface area contributed by atoms with Crippen molar-refractivity contribution in [3.63, 3.8) is 0 Å². The van der Waals surface area contributed by atoms with E-state index >= 15 is 0 Å². The number of nitrogens with one attached hydrogen (secondary N) is 1. The number of amides is 1. The maximum Gasteiger partial charge on any atom is 0.287 e. The van der Waals surface area contributed by atoms with Crippen molar-refractivity contribution in [2.45, 2.75) is 25.7 Å². The Bertz CT molecular complexity index is 1010. The van der Waals surface area contributed by atoms with Crippen LogP contribution < -0.4 is 10.7 Å². The number of hydrogen-bond acceptors (Lipinski definition) is 3. The van der Waals surface area contributed by atoms with Crippen LogP contribution in [0.5, 0.6) is 0 Å². The molecule has 1 unspecified atom stereocenters. The van der Waals surface area contributed by atoms with Crippen LogP contribution >= 0.6 is 11.6 Å². The van der Waals surface area contributed by atoms with E-state index < -0.39 is 5.91 Å². The molecule has 1 amide bonds. The summed E-state index contributed by atoms with van der Waals surface area (Å²) in [6.07, 6.45) is 1.76. The van der Waals surface area contributed by atoms with Crippen LogP contribution in [0.2, 0.25) is 5.02 Å². The zero-order valence-electron chi connectivity index (χ0n) is 14.8. The van der Waals surface area contributed by atoms with Gasteiger partial charge in [0.1, 0.15) is 11.4 Å². The van der Waals surface area contributed by atoms with E-state index in [1.54, 1.807) is 24.3 Å². The quantitative estimate of drug-likeness (QED) is 0.654. The van der Waals surface area contributed by atoms with E-state index in [-0.39, 0.29) is 22.9 Å². The summed E-state index contributed by atoms with van der Waals surface area (Å²) >= 11 is 5.89. The molecule has 0 radical (unpaired) electrons. The Morgan fingerprint density at radius 1 is 1.19 bits per heavy atom. The summed E-state index contributed by atoms with van der Waals surface area (Å²) in [6.45, 7) is 2.41. The largest absolute Gasteiger partial charge is 0.451 e. The molecular weight excluding hydrogens is 369 g/mol. The molecule has 6 heteroatoms. The molecule has 1 aromatic heterocycles. The minimum absolute atomic E-state index is 0.0468. The minimum Gasteiger partial charge on any atom is -0.451 e. The fourth-order valence-corrected chi connectivity index (χ4v) is 3.19. The molecule has 0 aliphatic carbocycles. The lowest BCUT2D eigenvalue weighted by Gasteiger charge is -2.17. The molecule has 4 nitrogen and oxygen atoms in total. The third kappa shape index (κ3) is 4.55. The first kappa shape index (κ1) is 19.1. The number of rotatable bonds is 6. The first-order valence-corrected chi connectivity index (χ1v) is 9.13. The molecule has 0 spiro atoms. The molecule has 1 heterocycles. The van der Waals surface area contributed by atoms with Crippen molar-refractivity contribution in [3.05, 3.63) is 80.9 Å². The van der Waals surface area contributed by atoms with Gasteiger partial charge in [-0.1, -0.05) is 37.1 Å². The number of benzene rings is 2. The van der Waals surface area contributed by atoms with E-state index in [9.17, 15) is 14.0 Å². The molecule has 1 atom stereocenters. The molecule has 0 fully saturated rings. The molecule has 3 rings (SSSR count). The number of halogens is 2. The van der Waals surface area contributed by atoms with Crippen LogP contribution in [0.4, 0.5) is 4.39 Å². The summed E-state index contributed by atoms with van der Waals surface area (Å²) in [5.41, 5.74) is 0.932. The summed E-state index contributed by atoms with van der Waals surface area (Å²) < 4.78 is 18.7. The number of hydrogen-bond donors (Lipinski definition) is 1. The number of carbonyl (C=O) groups excluding carboxylic acids is 1. The van der Waals surface area contributed by atoms with Crippen LogP contribution in [0, 0.1) is 5.82 Å². The summed E-state index contributed by atoms with van der Waals surface area (Å²) in [6, 6.07) is 12.1. The van der Waals surface area contributed by atoms with E-state index in [1.165, 1.54) is 24.3 Å². The summed E-state index contributed by atoms with van der Waals surface area (Å²) in [7, 11) is 0. The average Bonchev–Trinajstić information content (AvgIpc) is 2.66. The summed E-state index contributed by atoms with van der Waals surface area (Å²) in [5, 5.41) is 3.56. The molecule has 0 aliphatic rings. The van der Waals surface area contributed by atoms with E-state index in [2.05, 4.69) is 5.32 Å². The second kappa shape index (κ2) is 8.35. The number of fused-ring (bicyclic) bond motifs is 1. The van der Waals surface area contributed by atoms with E-state index in [1.807, 2.05) is 6.92 Å². The SMILES string of the molecule is CCCC(CNC(=O)c1cc(=O)c2cc(Cl)ccc2o1)c1ccc(F)cc1. The lowest BCUT2D eigenvalue weighted by Crippen LogP contribution is -2.29. The number of carbonyl (C=O) groups is 1. The van der Waals surface area contributed by atoms with Crippen molar-refractivity contribution in [1.82, 2.24) is 5.32 Å². The van der Waals surface area contributed by atoms with Gasteiger partial charge in [0, 0.05) is 23.6 Å². The Hall–Kier alpha value is -2.66. The van der Waals surface area contributed by atoms with Crippen LogP contribution in [-0.2, 0) is 0 Å². The molecular formula is C21H19ClFNO3. The molecule has 2 aromatic carbocycles. The third-order valence-corrected chi connectivity index (χ3v) is 4.64. The smallest absolute Gasteiger partial charge is 0.287 e. The second-order valence-electron chi connectivity index (χ2n) is 6.36. The Morgan fingerprint density at radius 3 is 2.63 bits per heavy atom. The standard InChI is InChI=1S/C21H19ClFNO3/c1-2-3-14(13-4-7-16(23)8-5-13)12-24-21(26)20-11-18(25)17-10-15(22)6-9-19(17)27-20/h4-11,14H,2-3,12H2,1H3,(H,24,26). The Kier molecular flexibility index (Phi) is 5.91. The lowest BCUT2D eigenvalue weighted by atomic mass is 9.94. The van der Waals surface area contributed by atoms with Crippen molar-refractivity contribution in [2.75, 3.05) is 6.54 Å².